The van der Waals surface area contributed by atoms with Crippen LogP contribution in [0, 0.1) is 13.8 Å². The molecule has 0 fully saturated rings. The van der Waals surface area contributed by atoms with Gasteiger partial charge in [0.05, 0.1) is 5.52 Å². The molecule has 0 bridgehead atoms. The molecule has 2 aromatic carbocycles. The molecule has 100 valence electrons. The van der Waals surface area contributed by atoms with Crippen molar-refractivity contribution in [2.45, 2.75) is 20.4 Å². The zero-order valence-corrected chi connectivity index (χ0v) is 11.9. The Morgan fingerprint density at radius 1 is 0.900 bits per heavy atom. The van der Waals surface area contributed by atoms with E-state index < -0.39 is 0 Å². The third kappa shape index (κ3) is 2.37. The number of fused-ring (bicyclic) bond motifs is 1. The fraction of sp³-hybridized carbons (Fsp3) is 0.167. The molecule has 1 heterocycles. The van der Waals surface area contributed by atoms with Gasteiger partial charge in [0.2, 0.25) is 0 Å². The minimum Gasteiger partial charge on any atom is -0.380 e. The predicted molar refractivity (Wildman–Crippen MR) is 85.0 cm³/mol. The van der Waals surface area contributed by atoms with Crippen molar-refractivity contribution in [3.05, 3.63) is 71.4 Å². The summed E-state index contributed by atoms with van der Waals surface area (Å²) in [5, 5.41) is 4.71. The lowest BCUT2D eigenvalue weighted by molar-refractivity contribution is 1.09. The molecule has 2 nitrogen and oxygen atoms in total. The SMILES string of the molecule is Cc1cccc(C)c1CNc1cccc2ncccc12. The average Bonchev–Trinajstić information content (AvgIpc) is 2.47. The topological polar surface area (TPSA) is 24.9 Å². The summed E-state index contributed by atoms with van der Waals surface area (Å²) in [7, 11) is 0. The molecular weight excluding hydrogens is 244 g/mol. The second kappa shape index (κ2) is 5.33. The van der Waals surface area contributed by atoms with E-state index in [4.69, 9.17) is 0 Å². The van der Waals surface area contributed by atoms with Crippen LogP contribution in [0.25, 0.3) is 10.9 Å². The van der Waals surface area contributed by atoms with Gasteiger partial charge in [-0.3, -0.25) is 4.98 Å². The van der Waals surface area contributed by atoms with Crippen LogP contribution >= 0.6 is 0 Å². The molecule has 0 spiro atoms. The van der Waals surface area contributed by atoms with E-state index >= 15 is 0 Å². The number of benzene rings is 2. The molecule has 0 saturated carbocycles. The second-order valence-corrected chi connectivity index (χ2v) is 5.10. The Morgan fingerprint density at radius 3 is 2.45 bits per heavy atom. The van der Waals surface area contributed by atoms with Gasteiger partial charge < -0.3 is 5.32 Å². The normalized spacial score (nSPS) is 10.7. The van der Waals surface area contributed by atoms with E-state index in [0.717, 1.165) is 17.7 Å². The standard InChI is InChI=1S/C18H18N2/c1-13-6-3-7-14(2)16(13)12-20-18-10-4-9-17-15(18)8-5-11-19-17/h3-11,20H,12H2,1-2H3. The summed E-state index contributed by atoms with van der Waals surface area (Å²) in [6.07, 6.45) is 1.83. The highest BCUT2D eigenvalue weighted by molar-refractivity contribution is 5.91. The first kappa shape index (κ1) is 12.7. The lowest BCUT2D eigenvalue weighted by Crippen LogP contribution is -2.03. The molecule has 0 radical (unpaired) electrons. The Bertz CT molecular complexity index is 722. The second-order valence-electron chi connectivity index (χ2n) is 5.10. The first-order chi connectivity index (χ1) is 9.75. The molecule has 0 aliphatic carbocycles. The first-order valence-corrected chi connectivity index (χ1v) is 6.88. The highest BCUT2D eigenvalue weighted by atomic mass is 14.9. The summed E-state index contributed by atoms with van der Waals surface area (Å²) < 4.78 is 0. The maximum atomic E-state index is 4.39. The summed E-state index contributed by atoms with van der Waals surface area (Å²) in [5.74, 6) is 0. The van der Waals surface area contributed by atoms with Gasteiger partial charge in [0.25, 0.3) is 0 Å². The van der Waals surface area contributed by atoms with E-state index in [1.54, 1.807) is 0 Å². The molecule has 3 rings (SSSR count). The van der Waals surface area contributed by atoms with Crippen molar-refractivity contribution in [2.75, 3.05) is 5.32 Å². The lowest BCUT2D eigenvalue weighted by Gasteiger charge is -2.13. The summed E-state index contributed by atoms with van der Waals surface area (Å²) in [4.78, 5) is 4.39. The quantitative estimate of drug-likeness (QED) is 0.753. The molecule has 0 atom stereocenters. The van der Waals surface area contributed by atoms with Crippen molar-refractivity contribution < 1.29 is 0 Å². The predicted octanol–water partition coefficient (Wildman–Crippen LogP) is 4.46. The average molecular weight is 262 g/mol. The van der Waals surface area contributed by atoms with Gasteiger partial charge in [0, 0.05) is 23.8 Å². The number of anilines is 1. The molecular formula is C18H18N2. The Kier molecular flexibility index (Phi) is 3.38. The van der Waals surface area contributed by atoms with Gasteiger partial charge in [-0.05, 0) is 54.8 Å². The molecule has 3 aromatic rings. The Balaban J connectivity index is 1.91. The third-order valence-electron chi connectivity index (χ3n) is 3.75. The fourth-order valence-electron chi connectivity index (χ4n) is 2.57. The molecule has 0 aliphatic rings. The number of hydrogen-bond donors (Lipinski definition) is 1. The zero-order valence-electron chi connectivity index (χ0n) is 11.9. The molecule has 2 heteroatoms. The van der Waals surface area contributed by atoms with Crippen LogP contribution < -0.4 is 5.32 Å². The number of rotatable bonds is 3. The number of pyridine rings is 1. The molecule has 0 amide bonds. The largest absolute Gasteiger partial charge is 0.380 e. The Labute approximate surface area is 119 Å². The first-order valence-electron chi connectivity index (χ1n) is 6.88. The van der Waals surface area contributed by atoms with Gasteiger partial charge in [-0.1, -0.05) is 24.3 Å². The van der Waals surface area contributed by atoms with Crippen LogP contribution in [0.4, 0.5) is 5.69 Å². The van der Waals surface area contributed by atoms with Crippen LogP contribution in [-0.2, 0) is 6.54 Å². The zero-order chi connectivity index (χ0) is 13.9. The van der Waals surface area contributed by atoms with Crippen LogP contribution in [0.2, 0.25) is 0 Å². The molecule has 0 aliphatic heterocycles. The number of nitrogens with zero attached hydrogens (tertiary/aromatic N) is 1. The van der Waals surface area contributed by atoms with E-state index in [-0.39, 0.29) is 0 Å². The minimum absolute atomic E-state index is 0.840. The van der Waals surface area contributed by atoms with Crippen LogP contribution in [0.15, 0.2) is 54.7 Å². The number of aromatic nitrogens is 1. The van der Waals surface area contributed by atoms with Crippen molar-refractivity contribution in [3.8, 4) is 0 Å². The van der Waals surface area contributed by atoms with Gasteiger partial charge in [-0.25, -0.2) is 0 Å². The van der Waals surface area contributed by atoms with Crippen molar-refractivity contribution in [3.63, 3.8) is 0 Å². The summed E-state index contributed by atoms with van der Waals surface area (Å²) in [6, 6.07) is 16.7. The fourth-order valence-corrected chi connectivity index (χ4v) is 2.57. The van der Waals surface area contributed by atoms with Crippen LogP contribution in [0.3, 0.4) is 0 Å². The molecule has 0 unspecified atom stereocenters. The molecule has 20 heavy (non-hydrogen) atoms. The molecule has 0 saturated heterocycles. The van der Waals surface area contributed by atoms with E-state index in [1.807, 2.05) is 24.4 Å². The Hall–Kier alpha value is -2.35. The summed E-state index contributed by atoms with van der Waals surface area (Å²) in [6.45, 7) is 5.16. The van der Waals surface area contributed by atoms with E-state index in [2.05, 4.69) is 54.5 Å². The van der Waals surface area contributed by atoms with E-state index in [1.165, 1.54) is 22.1 Å². The monoisotopic (exact) mass is 262 g/mol. The van der Waals surface area contributed by atoms with E-state index in [9.17, 15) is 0 Å². The lowest BCUT2D eigenvalue weighted by atomic mass is 10.0. The van der Waals surface area contributed by atoms with Crippen LogP contribution in [0.1, 0.15) is 16.7 Å². The minimum atomic E-state index is 0.840. The van der Waals surface area contributed by atoms with Crippen LogP contribution in [-0.4, -0.2) is 4.98 Å². The van der Waals surface area contributed by atoms with Gasteiger partial charge >= 0.3 is 0 Å². The number of nitrogens with one attached hydrogen (secondary N) is 1. The van der Waals surface area contributed by atoms with Crippen molar-refractivity contribution in [1.82, 2.24) is 4.98 Å². The van der Waals surface area contributed by atoms with Crippen molar-refractivity contribution in [1.29, 1.82) is 0 Å². The van der Waals surface area contributed by atoms with Gasteiger partial charge in [-0.2, -0.15) is 0 Å². The van der Waals surface area contributed by atoms with E-state index in [0.29, 0.717) is 0 Å². The number of aryl methyl sites for hydroxylation is 2. The Morgan fingerprint density at radius 2 is 1.65 bits per heavy atom. The summed E-state index contributed by atoms with van der Waals surface area (Å²) in [5.41, 5.74) is 6.19. The molecule has 1 N–H and O–H groups in total. The summed E-state index contributed by atoms with van der Waals surface area (Å²) >= 11 is 0. The molecule has 1 aromatic heterocycles. The maximum absolute atomic E-state index is 4.39. The number of hydrogen-bond acceptors (Lipinski definition) is 2. The smallest absolute Gasteiger partial charge is 0.0722 e. The third-order valence-corrected chi connectivity index (χ3v) is 3.75. The van der Waals surface area contributed by atoms with Gasteiger partial charge in [0.15, 0.2) is 0 Å². The van der Waals surface area contributed by atoms with Crippen molar-refractivity contribution in [2.24, 2.45) is 0 Å². The van der Waals surface area contributed by atoms with Crippen molar-refractivity contribution >= 4 is 16.6 Å². The maximum Gasteiger partial charge on any atom is 0.0722 e. The highest BCUT2D eigenvalue weighted by Gasteiger charge is 2.04. The van der Waals surface area contributed by atoms with Gasteiger partial charge in [-0.15, -0.1) is 0 Å². The van der Waals surface area contributed by atoms with Gasteiger partial charge in [0.1, 0.15) is 0 Å². The van der Waals surface area contributed by atoms with Crippen LogP contribution in [0.5, 0.6) is 0 Å². The highest BCUT2D eigenvalue weighted by Crippen LogP contribution is 2.23.